The summed E-state index contributed by atoms with van der Waals surface area (Å²) < 4.78 is 1.39. The summed E-state index contributed by atoms with van der Waals surface area (Å²) in [5.74, 6) is -1.08. The van der Waals surface area contributed by atoms with E-state index in [0.29, 0.717) is 24.1 Å². The van der Waals surface area contributed by atoms with E-state index in [1.54, 1.807) is 12.1 Å². The summed E-state index contributed by atoms with van der Waals surface area (Å²) in [6.45, 7) is 1.57. The van der Waals surface area contributed by atoms with Gasteiger partial charge in [0.15, 0.2) is 0 Å². The van der Waals surface area contributed by atoms with Crippen LogP contribution in [0, 0.1) is 5.41 Å². The van der Waals surface area contributed by atoms with Gasteiger partial charge in [-0.15, -0.1) is 0 Å². The number of hydrogen-bond donors (Lipinski definition) is 3. The summed E-state index contributed by atoms with van der Waals surface area (Å²) in [5, 5.41) is 24.7. The first kappa shape index (κ1) is 18.9. The molecule has 148 valence electrons. The van der Waals surface area contributed by atoms with Crippen LogP contribution in [0.5, 0.6) is 0 Å². The number of nitrogens with zero attached hydrogens (tertiary/aromatic N) is 1. The lowest BCUT2D eigenvalue weighted by Gasteiger charge is -2.49. The Balaban J connectivity index is 1.75. The van der Waals surface area contributed by atoms with Crippen molar-refractivity contribution in [3.8, 4) is 11.1 Å². The third kappa shape index (κ3) is 3.16. The number of pyridine rings is 1. The normalized spacial score (nSPS) is 23.8. The number of aromatic nitrogens is 1. The van der Waals surface area contributed by atoms with Gasteiger partial charge in [0.2, 0.25) is 0 Å². The fraction of sp³-hybridized carbons (Fsp3) is 0.455. The van der Waals surface area contributed by atoms with Crippen LogP contribution in [0.2, 0.25) is 0 Å². The number of piperidine rings is 1. The lowest BCUT2D eigenvalue weighted by Crippen LogP contribution is -2.60. The van der Waals surface area contributed by atoms with E-state index in [4.69, 9.17) is 0 Å². The van der Waals surface area contributed by atoms with Gasteiger partial charge in [-0.1, -0.05) is 43.2 Å². The molecule has 1 saturated carbocycles. The fourth-order valence-corrected chi connectivity index (χ4v) is 5.00. The minimum atomic E-state index is -1.08. The van der Waals surface area contributed by atoms with Gasteiger partial charge >= 0.3 is 5.97 Å². The average molecular weight is 382 g/mol. The van der Waals surface area contributed by atoms with Crippen molar-refractivity contribution in [1.82, 2.24) is 9.88 Å². The Hall–Kier alpha value is -2.44. The Kier molecular flexibility index (Phi) is 4.85. The molecule has 1 aromatic carbocycles. The van der Waals surface area contributed by atoms with Crippen molar-refractivity contribution in [3.63, 3.8) is 0 Å². The topological polar surface area (TPSA) is 91.6 Å². The molecule has 1 aromatic heterocycles. The molecule has 0 amide bonds. The van der Waals surface area contributed by atoms with E-state index in [0.717, 1.165) is 32.2 Å². The Labute approximate surface area is 163 Å². The second-order valence-corrected chi connectivity index (χ2v) is 8.18. The van der Waals surface area contributed by atoms with Gasteiger partial charge in [-0.25, -0.2) is 4.79 Å². The molecule has 1 saturated heterocycles. The van der Waals surface area contributed by atoms with Crippen LogP contribution in [0.25, 0.3) is 11.1 Å². The van der Waals surface area contributed by atoms with Crippen molar-refractivity contribution >= 4 is 5.97 Å². The van der Waals surface area contributed by atoms with Gasteiger partial charge in [0.25, 0.3) is 5.56 Å². The molecule has 2 aliphatic rings. The summed E-state index contributed by atoms with van der Waals surface area (Å²) >= 11 is 0. The molecule has 2 aromatic rings. The molecule has 1 spiro atoms. The molecule has 6 nitrogen and oxygen atoms in total. The monoisotopic (exact) mass is 382 g/mol. The number of carbonyl (C=O) groups is 1. The molecule has 4 rings (SSSR count). The highest BCUT2D eigenvalue weighted by atomic mass is 16.4. The molecule has 6 heteroatoms. The second-order valence-electron chi connectivity index (χ2n) is 8.18. The predicted molar refractivity (Wildman–Crippen MR) is 106 cm³/mol. The molecule has 0 unspecified atom stereocenters. The van der Waals surface area contributed by atoms with Crippen molar-refractivity contribution in [1.29, 1.82) is 0 Å². The molecule has 1 aliphatic carbocycles. The summed E-state index contributed by atoms with van der Waals surface area (Å²) in [6.07, 6.45) is 5.97. The Morgan fingerprint density at radius 1 is 1.14 bits per heavy atom. The summed E-state index contributed by atoms with van der Waals surface area (Å²) in [6, 6.07) is 10.4. The van der Waals surface area contributed by atoms with Crippen LogP contribution in [-0.2, 0) is 6.54 Å². The highest BCUT2D eigenvalue weighted by Crippen LogP contribution is 2.49. The van der Waals surface area contributed by atoms with Gasteiger partial charge in [-0.05, 0) is 31.4 Å². The molecule has 0 radical (unpaired) electrons. The smallest absolute Gasteiger partial charge is 0.337 e. The first-order chi connectivity index (χ1) is 13.4. The standard InChI is InChI=1S/C22H26N2O4/c25-19-12-17(16-6-2-1-3-7-16)18(20(26)27)13-24(19)15-22(28)10-11-23-14-21(22)8-4-5-9-21/h1-3,6-7,12-13,23,28H,4-5,8-11,14-15H2,(H,26,27)/t22-/m0/s1. The van der Waals surface area contributed by atoms with Crippen LogP contribution in [0.1, 0.15) is 42.5 Å². The van der Waals surface area contributed by atoms with E-state index in [9.17, 15) is 19.8 Å². The predicted octanol–water partition coefficient (Wildman–Crippen LogP) is 2.50. The number of benzene rings is 1. The molecule has 2 fully saturated rings. The zero-order chi connectivity index (χ0) is 19.8. The van der Waals surface area contributed by atoms with Gasteiger partial charge < -0.3 is 20.1 Å². The van der Waals surface area contributed by atoms with Crippen molar-refractivity contribution in [2.45, 2.75) is 44.2 Å². The lowest BCUT2D eigenvalue weighted by atomic mass is 9.66. The van der Waals surface area contributed by atoms with E-state index >= 15 is 0 Å². The van der Waals surface area contributed by atoms with E-state index in [1.807, 2.05) is 18.2 Å². The quantitative estimate of drug-likeness (QED) is 0.756. The third-order valence-electron chi connectivity index (χ3n) is 6.60. The number of aliphatic hydroxyl groups is 1. The van der Waals surface area contributed by atoms with Crippen LogP contribution >= 0.6 is 0 Å². The van der Waals surface area contributed by atoms with Gasteiger partial charge in [0, 0.05) is 29.8 Å². The van der Waals surface area contributed by atoms with Gasteiger partial charge in [-0.2, -0.15) is 0 Å². The SMILES string of the molecule is O=C(O)c1cn(C[C@@]2(O)CCNCC23CCCC3)c(=O)cc1-c1ccccc1. The number of aromatic carboxylic acids is 1. The van der Waals surface area contributed by atoms with Crippen LogP contribution in [-0.4, -0.2) is 39.4 Å². The molecule has 3 N–H and O–H groups in total. The maximum atomic E-state index is 12.9. The average Bonchev–Trinajstić information content (AvgIpc) is 3.16. The minimum Gasteiger partial charge on any atom is -0.478 e. The van der Waals surface area contributed by atoms with Crippen molar-refractivity contribution in [2.24, 2.45) is 5.41 Å². The summed E-state index contributed by atoms with van der Waals surface area (Å²) in [4.78, 5) is 24.7. The zero-order valence-corrected chi connectivity index (χ0v) is 15.9. The zero-order valence-electron chi connectivity index (χ0n) is 15.9. The molecular weight excluding hydrogens is 356 g/mol. The van der Waals surface area contributed by atoms with E-state index in [1.165, 1.54) is 16.8 Å². The minimum absolute atomic E-state index is 0.0730. The highest BCUT2D eigenvalue weighted by molar-refractivity contribution is 5.95. The molecule has 0 bridgehead atoms. The van der Waals surface area contributed by atoms with E-state index in [2.05, 4.69) is 5.32 Å². The van der Waals surface area contributed by atoms with Crippen molar-refractivity contribution < 1.29 is 15.0 Å². The Morgan fingerprint density at radius 2 is 1.86 bits per heavy atom. The summed E-state index contributed by atoms with van der Waals surface area (Å²) in [5.41, 5.74) is -0.374. The van der Waals surface area contributed by atoms with E-state index < -0.39 is 11.6 Å². The number of carboxylic acid groups (broad SMARTS) is 1. The van der Waals surface area contributed by atoms with Gasteiger partial charge in [-0.3, -0.25) is 4.79 Å². The van der Waals surface area contributed by atoms with Crippen LogP contribution in [0.3, 0.4) is 0 Å². The molecule has 1 aliphatic heterocycles. The Morgan fingerprint density at radius 3 is 2.54 bits per heavy atom. The Bertz CT molecular complexity index is 931. The molecule has 2 heterocycles. The second kappa shape index (κ2) is 7.18. The maximum Gasteiger partial charge on any atom is 0.337 e. The third-order valence-corrected chi connectivity index (χ3v) is 6.60. The first-order valence-corrected chi connectivity index (χ1v) is 9.91. The van der Waals surface area contributed by atoms with Crippen LogP contribution in [0.15, 0.2) is 47.4 Å². The van der Waals surface area contributed by atoms with Gasteiger partial charge in [0.05, 0.1) is 17.7 Å². The largest absolute Gasteiger partial charge is 0.478 e. The number of hydrogen-bond acceptors (Lipinski definition) is 4. The highest BCUT2D eigenvalue weighted by Gasteiger charge is 2.53. The van der Waals surface area contributed by atoms with Gasteiger partial charge in [0.1, 0.15) is 0 Å². The lowest BCUT2D eigenvalue weighted by molar-refractivity contribution is -0.115. The van der Waals surface area contributed by atoms with Crippen LogP contribution < -0.4 is 10.9 Å². The maximum absolute atomic E-state index is 12.9. The summed E-state index contributed by atoms with van der Waals surface area (Å²) in [7, 11) is 0. The fourth-order valence-electron chi connectivity index (χ4n) is 5.00. The van der Waals surface area contributed by atoms with E-state index in [-0.39, 0.29) is 23.1 Å². The number of rotatable bonds is 4. The number of nitrogens with one attached hydrogen (secondary N) is 1. The molecular formula is C22H26N2O4. The molecule has 1 atom stereocenters. The van der Waals surface area contributed by atoms with Crippen molar-refractivity contribution in [2.75, 3.05) is 13.1 Å². The van der Waals surface area contributed by atoms with Crippen LogP contribution in [0.4, 0.5) is 0 Å². The number of carboxylic acids is 1. The molecule has 28 heavy (non-hydrogen) atoms. The first-order valence-electron chi connectivity index (χ1n) is 9.91. The van der Waals surface area contributed by atoms with Crippen molar-refractivity contribution in [3.05, 3.63) is 58.5 Å².